The maximum Gasteiger partial charge on any atom is 0.332 e. The predicted octanol–water partition coefficient (Wildman–Crippen LogP) is 4.48. The number of benzene rings is 2. The van der Waals surface area contributed by atoms with Crippen molar-refractivity contribution < 1.29 is 9.53 Å². The number of aromatic nitrogens is 2. The number of carbonyl (C=O) groups is 1. The first-order valence-corrected chi connectivity index (χ1v) is 8.91. The van der Waals surface area contributed by atoms with Crippen LogP contribution in [-0.4, -0.2) is 22.0 Å². The van der Waals surface area contributed by atoms with E-state index < -0.39 is 5.97 Å². The van der Waals surface area contributed by atoms with Crippen LogP contribution in [0.25, 0.3) is 27.5 Å². The summed E-state index contributed by atoms with van der Waals surface area (Å²) in [7, 11) is 0. The van der Waals surface area contributed by atoms with Crippen molar-refractivity contribution in [1.29, 1.82) is 0 Å². The first-order valence-electron chi connectivity index (χ1n) is 8.91. The molecule has 0 atom stereocenters. The van der Waals surface area contributed by atoms with Gasteiger partial charge in [-0.1, -0.05) is 30.3 Å². The molecule has 0 radical (unpaired) electrons. The summed E-state index contributed by atoms with van der Waals surface area (Å²) >= 11 is 0. The molecule has 7 heteroatoms. The fourth-order valence-corrected chi connectivity index (χ4v) is 3.19. The van der Waals surface area contributed by atoms with Crippen LogP contribution in [0.5, 0.6) is 0 Å². The van der Waals surface area contributed by atoms with Crippen LogP contribution < -0.4 is 5.56 Å². The second-order valence-electron chi connectivity index (χ2n) is 6.26. The van der Waals surface area contributed by atoms with Gasteiger partial charge in [0, 0.05) is 11.5 Å². The number of rotatable bonds is 4. The van der Waals surface area contributed by atoms with Crippen molar-refractivity contribution in [2.75, 3.05) is 6.61 Å². The van der Waals surface area contributed by atoms with Crippen molar-refractivity contribution in [2.45, 2.75) is 13.8 Å². The molecule has 4 aromatic rings. The molecule has 0 amide bonds. The normalized spacial score (nSPS) is 12.4. The van der Waals surface area contributed by atoms with Gasteiger partial charge in [-0.3, -0.25) is 9.20 Å². The Morgan fingerprint density at radius 1 is 1.14 bits per heavy atom. The topological polar surface area (TPSA) is 88.3 Å². The molecule has 140 valence electrons. The van der Waals surface area contributed by atoms with E-state index in [1.54, 1.807) is 24.3 Å². The number of nitrogens with one attached hydrogen (secondary N) is 1. The Kier molecular flexibility index (Phi) is 4.49. The van der Waals surface area contributed by atoms with Crippen LogP contribution in [0.2, 0.25) is 0 Å². The van der Waals surface area contributed by atoms with Gasteiger partial charge >= 0.3 is 5.97 Å². The second kappa shape index (κ2) is 7.11. The number of hydrogen-bond acceptors (Lipinski definition) is 5. The van der Waals surface area contributed by atoms with Crippen LogP contribution >= 0.6 is 0 Å². The highest BCUT2D eigenvalue weighted by Crippen LogP contribution is 2.33. The van der Waals surface area contributed by atoms with Gasteiger partial charge in [0.25, 0.3) is 5.56 Å². The van der Waals surface area contributed by atoms with Gasteiger partial charge in [0.2, 0.25) is 0 Å². The fraction of sp³-hybridized carbons (Fsp3) is 0.143. The monoisotopic (exact) mass is 374 g/mol. The minimum Gasteiger partial charge on any atom is -0.463 e. The summed E-state index contributed by atoms with van der Waals surface area (Å²) in [5, 5.41) is 9.88. The summed E-state index contributed by atoms with van der Waals surface area (Å²) in [6.07, 6.45) is 1.28. The van der Waals surface area contributed by atoms with Crippen LogP contribution in [0.15, 0.2) is 75.3 Å². The third-order valence-electron chi connectivity index (χ3n) is 4.38. The highest BCUT2D eigenvalue weighted by atomic mass is 16.5. The maximum atomic E-state index is 13.1. The Morgan fingerprint density at radius 3 is 2.64 bits per heavy atom. The molecule has 1 N–H and O–H groups in total. The summed E-state index contributed by atoms with van der Waals surface area (Å²) in [5.41, 5.74) is 2.84. The average molecular weight is 374 g/mol. The number of esters is 1. The SMILES string of the molecule is CCOC(=O)C=C(C)N=Nc1c2ccccc2n2c(=O)c3ccccc3[nH]c12. The van der Waals surface area contributed by atoms with Crippen molar-refractivity contribution >= 4 is 39.1 Å². The number of hydrogen-bond donors (Lipinski definition) is 1. The van der Waals surface area contributed by atoms with Crippen molar-refractivity contribution in [1.82, 2.24) is 9.38 Å². The number of nitrogens with zero attached hydrogens (tertiary/aromatic N) is 3. The molecule has 0 saturated carbocycles. The predicted molar refractivity (Wildman–Crippen MR) is 108 cm³/mol. The Morgan fingerprint density at radius 2 is 1.86 bits per heavy atom. The highest BCUT2D eigenvalue weighted by molar-refractivity contribution is 6.01. The number of ether oxygens (including phenoxy) is 1. The Labute approximate surface area is 160 Å². The van der Waals surface area contributed by atoms with Crippen LogP contribution in [0.1, 0.15) is 13.8 Å². The molecule has 4 rings (SSSR count). The smallest absolute Gasteiger partial charge is 0.332 e. The van der Waals surface area contributed by atoms with Gasteiger partial charge in [-0.15, -0.1) is 5.11 Å². The van der Waals surface area contributed by atoms with Gasteiger partial charge < -0.3 is 9.72 Å². The lowest BCUT2D eigenvalue weighted by Crippen LogP contribution is -2.13. The third kappa shape index (κ3) is 2.96. The number of H-pyrrole nitrogens is 1. The van der Waals surface area contributed by atoms with Crippen molar-refractivity contribution in [2.24, 2.45) is 10.2 Å². The van der Waals surface area contributed by atoms with E-state index >= 15 is 0 Å². The zero-order chi connectivity index (χ0) is 19.7. The molecule has 0 saturated heterocycles. The van der Waals surface area contributed by atoms with Gasteiger partial charge in [0.05, 0.1) is 28.7 Å². The van der Waals surface area contributed by atoms with Gasteiger partial charge in [-0.05, 0) is 32.0 Å². The van der Waals surface area contributed by atoms with Gasteiger partial charge in [0.15, 0.2) is 0 Å². The molecule has 0 bridgehead atoms. The third-order valence-corrected chi connectivity index (χ3v) is 4.38. The number of carbonyl (C=O) groups excluding carboxylic acids is 1. The number of azo groups is 1. The molecular formula is C21H18N4O3. The maximum absolute atomic E-state index is 13.1. The van der Waals surface area contributed by atoms with Crippen molar-refractivity contribution in [3.63, 3.8) is 0 Å². The summed E-state index contributed by atoms with van der Waals surface area (Å²) in [5.74, 6) is -0.468. The van der Waals surface area contributed by atoms with E-state index in [0.717, 1.165) is 16.4 Å². The molecule has 2 aromatic carbocycles. The lowest BCUT2D eigenvalue weighted by atomic mass is 10.2. The minimum atomic E-state index is -0.468. The zero-order valence-electron chi connectivity index (χ0n) is 15.5. The Balaban J connectivity index is 1.96. The summed E-state index contributed by atoms with van der Waals surface area (Å²) in [6, 6.07) is 14.8. The van der Waals surface area contributed by atoms with E-state index in [1.165, 1.54) is 6.08 Å². The number of para-hydroxylation sites is 2. The van der Waals surface area contributed by atoms with Crippen LogP contribution in [0, 0.1) is 0 Å². The van der Waals surface area contributed by atoms with Gasteiger partial charge in [-0.25, -0.2) is 4.79 Å². The summed E-state index contributed by atoms with van der Waals surface area (Å²) in [6.45, 7) is 3.70. The van der Waals surface area contributed by atoms with E-state index in [9.17, 15) is 9.59 Å². The first kappa shape index (κ1) is 17.7. The van der Waals surface area contributed by atoms with Crippen LogP contribution in [0.3, 0.4) is 0 Å². The van der Waals surface area contributed by atoms with Gasteiger partial charge in [0.1, 0.15) is 11.3 Å². The molecule has 2 heterocycles. The molecule has 0 aliphatic carbocycles. The molecule has 0 aliphatic heterocycles. The summed E-state index contributed by atoms with van der Waals surface area (Å²) < 4.78 is 6.49. The second-order valence-corrected chi connectivity index (χ2v) is 6.26. The molecule has 2 aromatic heterocycles. The Bertz CT molecular complexity index is 1330. The van der Waals surface area contributed by atoms with E-state index in [1.807, 2.05) is 42.5 Å². The molecule has 0 fully saturated rings. The van der Waals surface area contributed by atoms with Crippen molar-refractivity contribution in [3.05, 3.63) is 70.7 Å². The molecule has 7 nitrogen and oxygen atoms in total. The minimum absolute atomic E-state index is 0.124. The number of fused-ring (bicyclic) bond motifs is 4. The number of allylic oxidation sites excluding steroid dienone is 1. The van der Waals surface area contributed by atoms with E-state index in [4.69, 9.17) is 4.74 Å². The summed E-state index contributed by atoms with van der Waals surface area (Å²) in [4.78, 5) is 27.9. The lowest BCUT2D eigenvalue weighted by molar-refractivity contribution is -0.137. The standard InChI is InChI=1S/C21H18N4O3/c1-3-28-18(26)12-13(2)23-24-19-15-9-5-7-11-17(15)25-20(19)22-16-10-6-4-8-14(16)21(25)27/h4-12,22H,3H2,1-2H3. The molecular weight excluding hydrogens is 356 g/mol. The molecule has 0 aliphatic rings. The van der Waals surface area contributed by atoms with Crippen molar-refractivity contribution in [3.8, 4) is 0 Å². The quantitative estimate of drug-likeness (QED) is 0.324. The average Bonchev–Trinajstić information content (AvgIpc) is 3.00. The zero-order valence-corrected chi connectivity index (χ0v) is 15.5. The highest BCUT2D eigenvalue weighted by Gasteiger charge is 2.15. The largest absolute Gasteiger partial charge is 0.463 e. The van der Waals surface area contributed by atoms with E-state index in [-0.39, 0.29) is 5.56 Å². The van der Waals surface area contributed by atoms with E-state index in [0.29, 0.717) is 29.0 Å². The van der Waals surface area contributed by atoms with Gasteiger partial charge in [-0.2, -0.15) is 5.11 Å². The fourth-order valence-electron chi connectivity index (χ4n) is 3.19. The number of aromatic amines is 1. The van der Waals surface area contributed by atoms with Crippen LogP contribution in [-0.2, 0) is 9.53 Å². The Hall–Kier alpha value is -3.74. The molecule has 0 spiro atoms. The first-order chi connectivity index (χ1) is 13.6. The van der Waals surface area contributed by atoms with Crippen LogP contribution in [0.4, 0.5) is 5.69 Å². The molecule has 0 unspecified atom stereocenters. The molecule has 28 heavy (non-hydrogen) atoms. The van der Waals surface area contributed by atoms with E-state index in [2.05, 4.69) is 15.2 Å². The lowest BCUT2D eigenvalue weighted by Gasteiger charge is -2.01.